The third-order valence-electron chi connectivity index (χ3n) is 3.58. The maximum Gasteiger partial charge on any atom is 0.0461 e. The molecule has 0 N–H and O–H groups in total. The summed E-state index contributed by atoms with van der Waals surface area (Å²) in [6.07, 6.45) is 3.59. The zero-order valence-corrected chi connectivity index (χ0v) is 11.1. The summed E-state index contributed by atoms with van der Waals surface area (Å²) in [4.78, 5) is 22.5. The molecule has 0 aromatic heterocycles. The fourth-order valence-corrected chi connectivity index (χ4v) is 2.58. The van der Waals surface area contributed by atoms with Gasteiger partial charge in [0.1, 0.15) is 0 Å². The van der Waals surface area contributed by atoms with E-state index in [1.807, 2.05) is 26.8 Å². The zero-order chi connectivity index (χ0) is 14.0. The summed E-state index contributed by atoms with van der Waals surface area (Å²) in [6, 6.07) is 0. The van der Waals surface area contributed by atoms with Crippen LogP contribution in [0.1, 0.15) is 27.7 Å². The van der Waals surface area contributed by atoms with E-state index in [0.717, 1.165) is 11.1 Å². The van der Waals surface area contributed by atoms with Crippen molar-refractivity contribution in [3.63, 3.8) is 0 Å². The number of allylic oxidation sites excluding steroid dienone is 4. The van der Waals surface area contributed by atoms with Crippen LogP contribution in [0, 0.1) is 23.7 Å². The smallest absolute Gasteiger partial charge is 0.0461 e. The molecule has 0 aromatic rings. The molecule has 1 rings (SSSR count). The number of carbonyl (C=O) groups is 2. The highest BCUT2D eigenvalue weighted by atomic mass is 16.4. The van der Waals surface area contributed by atoms with Crippen molar-refractivity contribution in [1.29, 1.82) is 0 Å². The second-order valence-electron chi connectivity index (χ2n) is 5.21. The van der Waals surface area contributed by atoms with Gasteiger partial charge in [-0.15, -0.1) is 0 Å². The van der Waals surface area contributed by atoms with Gasteiger partial charge in [0.25, 0.3) is 0 Å². The SMILES string of the molecule is CC(C)=C[C@@H]1C=C(C)[C@H](C)[C@@H](C(=O)[O-])[C@@H]1C(=O)[O-]. The number of aliphatic carboxylic acids is 2. The average Bonchev–Trinajstić information content (AvgIpc) is 2.20. The first-order valence-electron chi connectivity index (χ1n) is 6.00. The molecule has 0 saturated carbocycles. The molecule has 0 aromatic carbocycles. The van der Waals surface area contributed by atoms with Gasteiger partial charge in [0.05, 0.1) is 0 Å². The minimum Gasteiger partial charge on any atom is -0.550 e. The summed E-state index contributed by atoms with van der Waals surface area (Å²) >= 11 is 0. The van der Waals surface area contributed by atoms with E-state index in [2.05, 4.69) is 0 Å². The molecule has 4 atom stereocenters. The first kappa shape index (κ1) is 14.5. The van der Waals surface area contributed by atoms with Gasteiger partial charge in [-0.2, -0.15) is 0 Å². The summed E-state index contributed by atoms with van der Waals surface area (Å²) in [7, 11) is 0. The number of hydrogen-bond donors (Lipinski definition) is 0. The molecule has 4 heteroatoms. The molecule has 18 heavy (non-hydrogen) atoms. The van der Waals surface area contributed by atoms with Crippen LogP contribution < -0.4 is 10.2 Å². The third-order valence-corrected chi connectivity index (χ3v) is 3.58. The molecule has 0 bridgehead atoms. The van der Waals surface area contributed by atoms with Crippen molar-refractivity contribution in [3.8, 4) is 0 Å². The van der Waals surface area contributed by atoms with E-state index in [1.165, 1.54) is 0 Å². The molecule has 0 heterocycles. The highest BCUT2D eigenvalue weighted by Gasteiger charge is 2.37. The predicted octanol–water partition coefficient (Wildman–Crippen LogP) is -0.103. The van der Waals surface area contributed by atoms with Gasteiger partial charge in [-0.25, -0.2) is 0 Å². The highest BCUT2D eigenvalue weighted by molar-refractivity contribution is 5.80. The van der Waals surface area contributed by atoms with Crippen molar-refractivity contribution in [2.75, 3.05) is 0 Å². The molecule has 4 nitrogen and oxygen atoms in total. The van der Waals surface area contributed by atoms with Gasteiger partial charge in [-0.3, -0.25) is 0 Å². The molecular weight excluding hydrogens is 232 g/mol. The molecule has 100 valence electrons. The monoisotopic (exact) mass is 250 g/mol. The zero-order valence-electron chi connectivity index (χ0n) is 11.1. The Balaban J connectivity index is 3.29. The van der Waals surface area contributed by atoms with Crippen LogP contribution in [0.3, 0.4) is 0 Å². The van der Waals surface area contributed by atoms with E-state index in [-0.39, 0.29) is 5.92 Å². The highest BCUT2D eigenvalue weighted by Crippen LogP contribution is 2.38. The molecule has 0 fully saturated rings. The lowest BCUT2D eigenvalue weighted by atomic mass is 9.67. The van der Waals surface area contributed by atoms with E-state index in [4.69, 9.17) is 0 Å². The first-order chi connectivity index (χ1) is 8.25. The molecule has 0 radical (unpaired) electrons. The van der Waals surface area contributed by atoms with Gasteiger partial charge in [0.15, 0.2) is 0 Å². The summed E-state index contributed by atoms with van der Waals surface area (Å²) in [6.45, 7) is 7.22. The molecule has 0 amide bonds. The minimum absolute atomic E-state index is 0.347. The third kappa shape index (κ3) is 2.81. The Morgan fingerprint density at radius 2 is 1.67 bits per heavy atom. The largest absolute Gasteiger partial charge is 0.550 e. The van der Waals surface area contributed by atoms with E-state index in [0.29, 0.717) is 0 Å². The Morgan fingerprint density at radius 3 is 2.06 bits per heavy atom. The van der Waals surface area contributed by atoms with Crippen LogP contribution in [0.4, 0.5) is 0 Å². The molecule has 0 aliphatic heterocycles. The summed E-state index contributed by atoms with van der Waals surface area (Å²) in [5.74, 6) is -5.55. The van der Waals surface area contributed by atoms with Crippen molar-refractivity contribution < 1.29 is 19.8 Å². The molecule has 0 spiro atoms. The molecule has 0 unspecified atom stereocenters. The van der Waals surface area contributed by atoms with Gasteiger partial charge < -0.3 is 19.8 Å². The second-order valence-corrected chi connectivity index (χ2v) is 5.21. The van der Waals surface area contributed by atoms with E-state index < -0.39 is 29.7 Å². The van der Waals surface area contributed by atoms with Crippen LogP contribution >= 0.6 is 0 Å². The Bertz CT molecular complexity index is 416. The van der Waals surface area contributed by atoms with Crippen LogP contribution in [0.25, 0.3) is 0 Å². The lowest BCUT2D eigenvalue weighted by molar-refractivity contribution is -0.329. The van der Waals surface area contributed by atoms with Gasteiger partial charge in [-0.05, 0) is 26.7 Å². The second kappa shape index (κ2) is 5.38. The van der Waals surface area contributed by atoms with Crippen molar-refractivity contribution in [3.05, 3.63) is 23.3 Å². The number of carboxylic acids is 2. The average molecular weight is 250 g/mol. The van der Waals surface area contributed by atoms with Gasteiger partial charge in [0.2, 0.25) is 0 Å². The van der Waals surface area contributed by atoms with Gasteiger partial charge in [0, 0.05) is 29.7 Å². The van der Waals surface area contributed by atoms with Crippen LogP contribution in [0.2, 0.25) is 0 Å². The summed E-state index contributed by atoms with van der Waals surface area (Å²) in [5, 5.41) is 22.5. The van der Waals surface area contributed by atoms with Crippen molar-refractivity contribution >= 4 is 11.9 Å². The number of carboxylic acid groups (broad SMARTS) is 2. The normalized spacial score (nSPS) is 31.4. The Labute approximate surface area is 107 Å². The lowest BCUT2D eigenvalue weighted by Gasteiger charge is -2.41. The Kier molecular flexibility index (Phi) is 4.33. The summed E-state index contributed by atoms with van der Waals surface area (Å²) < 4.78 is 0. The number of carbonyl (C=O) groups excluding carboxylic acids is 2. The number of rotatable bonds is 3. The molecule has 0 saturated heterocycles. The van der Waals surface area contributed by atoms with E-state index in [1.54, 1.807) is 13.0 Å². The maximum atomic E-state index is 11.3. The quantitative estimate of drug-likeness (QED) is 0.655. The summed E-state index contributed by atoms with van der Waals surface area (Å²) in [5.41, 5.74) is 1.83. The minimum atomic E-state index is -1.33. The maximum absolute atomic E-state index is 11.3. The van der Waals surface area contributed by atoms with Crippen molar-refractivity contribution in [2.45, 2.75) is 27.7 Å². The van der Waals surface area contributed by atoms with E-state index >= 15 is 0 Å². The number of hydrogen-bond acceptors (Lipinski definition) is 4. The standard InChI is InChI=1S/C14H20O4/c1-7(2)5-10-6-8(3)9(4)11(13(15)16)12(10)14(17)18/h5-6,9-12H,1-4H3,(H,15,16)(H,17,18)/p-2/t9-,10+,11+,12+/m0/s1. The molecule has 1 aliphatic rings. The van der Waals surface area contributed by atoms with Crippen molar-refractivity contribution in [2.24, 2.45) is 23.7 Å². The first-order valence-corrected chi connectivity index (χ1v) is 6.00. The molecule has 1 aliphatic carbocycles. The lowest BCUT2D eigenvalue weighted by Crippen LogP contribution is -2.50. The van der Waals surface area contributed by atoms with Crippen LogP contribution in [0.15, 0.2) is 23.3 Å². The van der Waals surface area contributed by atoms with E-state index in [9.17, 15) is 19.8 Å². The predicted molar refractivity (Wildman–Crippen MR) is 62.8 cm³/mol. The topological polar surface area (TPSA) is 80.3 Å². The fourth-order valence-electron chi connectivity index (χ4n) is 2.58. The Hall–Kier alpha value is -1.58. The fraction of sp³-hybridized carbons (Fsp3) is 0.571. The van der Waals surface area contributed by atoms with Gasteiger partial charge in [-0.1, -0.05) is 30.2 Å². The van der Waals surface area contributed by atoms with Crippen molar-refractivity contribution in [1.82, 2.24) is 0 Å². The Morgan fingerprint density at radius 1 is 1.17 bits per heavy atom. The van der Waals surface area contributed by atoms with Crippen LogP contribution in [0.5, 0.6) is 0 Å². The van der Waals surface area contributed by atoms with Gasteiger partial charge >= 0.3 is 0 Å². The van der Waals surface area contributed by atoms with Crippen LogP contribution in [-0.2, 0) is 9.59 Å². The van der Waals surface area contributed by atoms with Crippen LogP contribution in [-0.4, -0.2) is 11.9 Å². The molecular formula is C14H18O4-2.